The predicted octanol–water partition coefficient (Wildman–Crippen LogP) is -1.82. The molecule has 0 bridgehead atoms. The Kier molecular flexibility index (Phi) is 2.77. The normalized spacial score (nSPS) is 24.5. The lowest BCUT2D eigenvalue weighted by Crippen LogP contribution is -2.57. The van der Waals surface area contributed by atoms with Gasteiger partial charge in [0.05, 0.1) is 12.6 Å². The van der Waals surface area contributed by atoms with Crippen LogP contribution in [0.5, 0.6) is 0 Å². The SMILES string of the molecule is O=C(C1CNCCN1)N1CCn2cnnc2C1. The molecule has 17 heavy (non-hydrogen) atoms. The Morgan fingerprint density at radius 1 is 1.41 bits per heavy atom. The first-order valence-corrected chi connectivity index (χ1v) is 5.94. The maximum atomic E-state index is 12.3. The maximum Gasteiger partial charge on any atom is 0.241 e. The van der Waals surface area contributed by atoms with Crippen molar-refractivity contribution in [3.8, 4) is 0 Å². The molecule has 2 aliphatic heterocycles. The molecular formula is C10H16N6O. The highest BCUT2D eigenvalue weighted by molar-refractivity contribution is 5.82. The number of aromatic nitrogens is 3. The lowest BCUT2D eigenvalue weighted by Gasteiger charge is -2.32. The number of piperazine rings is 1. The van der Waals surface area contributed by atoms with Crippen molar-refractivity contribution in [1.82, 2.24) is 30.3 Å². The lowest BCUT2D eigenvalue weighted by molar-refractivity contribution is -0.135. The van der Waals surface area contributed by atoms with Crippen LogP contribution in [0.15, 0.2) is 6.33 Å². The summed E-state index contributed by atoms with van der Waals surface area (Å²) in [5.74, 6) is 1.03. The van der Waals surface area contributed by atoms with E-state index in [4.69, 9.17) is 0 Å². The molecule has 7 nitrogen and oxygen atoms in total. The van der Waals surface area contributed by atoms with Crippen LogP contribution < -0.4 is 10.6 Å². The smallest absolute Gasteiger partial charge is 0.241 e. The van der Waals surface area contributed by atoms with Gasteiger partial charge in [0, 0.05) is 32.7 Å². The van der Waals surface area contributed by atoms with Crippen molar-refractivity contribution in [3.63, 3.8) is 0 Å². The Hall–Kier alpha value is -1.47. The minimum absolute atomic E-state index is 0.0989. The van der Waals surface area contributed by atoms with E-state index in [2.05, 4.69) is 20.8 Å². The third-order valence-corrected chi connectivity index (χ3v) is 3.29. The zero-order chi connectivity index (χ0) is 11.7. The van der Waals surface area contributed by atoms with Gasteiger partial charge < -0.3 is 20.1 Å². The molecule has 1 aromatic rings. The van der Waals surface area contributed by atoms with E-state index in [0.29, 0.717) is 13.1 Å². The molecule has 0 spiro atoms. The number of rotatable bonds is 1. The van der Waals surface area contributed by atoms with Crippen molar-refractivity contribution < 1.29 is 4.79 Å². The van der Waals surface area contributed by atoms with Crippen LogP contribution in [0, 0.1) is 0 Å². The minimum atomic E-state index is -0.0989. The fourth-order valence-electron chi connectivity index (χ4n) is 2.30. The van der Waals surface area contributed by atoms with Crippen molar-refractivity contribution in [2.45, 2.75) is 19.1 Å². The number of hydrogen-bond donors (Lipinski definition) is 2. The number of carbonyl (C=O) groups excluding carboxylic acids is 1. The molecule has 1 saturated heterocycles. The Balaban J connectivity index is 1.67. The third-order valence-electron chi connectivity index (χ3n) is 3.29. The maximum absolute atomic E-state index is 12.3. The second-order valence-electron chi connectivity index (χ2n) is 4.41. The largest absolute Gasteiger partial charge is 0.332 e. The predicted molar refractivity (Wildman–Crippen MR) is 60.1 cm³/mol. The number of carbonyl (C=O) groups is 1. The van der Waals surface area contributed by atoms with Crippen LogP contribution in [-0.4, -0.2) is 57.8 Å². The standard InChI is InChI=1S/C10H16N6O/c17-10(8-5-11-1-2-12-8)15-3-4-16-7-13-14-9(16)6-15/h7-8,11-12H,1-6H2. The number of amides is 1. The highest BCUT2D eigenvalue weighted by Crippen LogP contribution is 2.10. The van der Waals surface area contributed by atoms with Crippen molar-refractivity contribution in [1.29, 1.82) is 0 Å². The molecule has 2 N–H and O–H groups in total. The van der Waals surface area contributed by atoms with E-state index in [1.165, 1.54) is 0 Å². The molecule has 1 unspecified atom stereocenters. The van der Waals surface area contributed by atoms with E-state index in [-0.39, 0.29) is 11.9 Å². The van der Waals surface area contributed by atoms with Crippen molar-refractivity contribution in [3.05, 3.63) is 12.2 Å². The van der Waals surface area contributed by atoms with Gasteiger partial charge in [-0.15, -0.1) is 10.2 Å². The van der Waals surface area contributed by atoms with Gasteiger partial charge in [-0.25, -0.2) is 0 Å². The number of hydrogen-bond acceptors (Lipinski definition) is 5. The highest BCUT2D eigenvalue weighted by Gasteiger charge is 2.28. The van der Waals surface area contributed by atoms with Crippen molar-refractivity contribution in [2.75, 3.05) is 26.2 Å². The highest BCUT2D eigenvalue weighted by atomic mass is 16.2. The number of nitrogens with zero attached hydrogens (tertiary/aromatic N) is 4. The van der Waals surface area contributed by atoms with Crippen LogP contribution in [-0.2, 0) is 17.9 Å². The fourth-order valence-corrected chi connectivity index (χ4v) is 2.30. The van der Waals surface area contributed by atoms with Crippen LogP contribution >= 0.6 is 0 Å². The minimum Gasteiger partial charge on any atom is -0.332 e. The zero-order valence-corrected chi connectivity index (χ0v) is 9.59. The zero-order valence-electron chi connectivity index (χ0n) is 9.59. The summed E-state index contributed by atoms with van der Waals surface area (Å²) in [5, 5.41) is 14.3. The summed E-state index contributed by atoms with van der Waals surface area (Å²) in [6.07, 6.45) is 1.72. The summed E-state index contributed by atoms with van der Waals surface area (Å²) in [5.41, 5.74) is 0. The first-order valence-electron chi connectivity index (χ1n) is 5.94. The van der Waals surface area contributed by atoms with Crippen LogP contribution in [0.1, 0.15) is 5.82 Å². The molecule has 1 fully saturated rings. The molecule has 3 heterocycles. The van der Waals surface area contributed by atoms with Crippen LogP contribution in [0.3, 0.4) is 0 Å². The Morgan fingerprint density at radius 2 is 2.35 bits per heavy atom. The summed E-state index contributed by atoms with van der Waals surface area (Å²) in [6, 6.07) is -0.0989. The quantitative estimate of drug-likeness (QED) is 0.600. The van der Waals surface area contributed by atoms with Crippen molar-refractivity contribution >= 4 is 5.91 Å². The summed E-state index contributed by atoms with van der Waals surface area (Å²) >= 11 is 0. The lowest BCUT2D eigenvalue weighted by atomic mass is 10.2. The van der Waals surface area contributed by atoms with Gasteiger partial charge in [-0.2, -0.15) is 0 Å². The molecule has 7 heteroatoms. The first kappa shape index (κ1) is 10.7. The van der Waals surface area contributed by atoms with Crippen molar-refractivity contribution in [2.24, 2.45) is 0 Å². The van der Waals surface area contributed by atoms with E-state index < -0.39 is 0 Å². The molecule has 1 amide bonds. The van der Waals surface area contributed by atoms with Gasteiger partial charge in [0.1, 0.15) is 6.33 Å². The van der Waals surface area contributed by atoms with Crippen LogP contribution in [0.4, 0.5) is 0 Å². The molecule has 3 rings (SSSR count). The van der Waals surface area contributed by atoms with Crippen LogP contribution in [0.25, 0.3) is 0 Å². The molecule has 1 aromatic heterocycles. The second kappa shape index (κ2) is 4.42. The van der Waals surface area contributed by atoms with Crippen LogP contribution in [0.2, 0.25) is 0 Å². The fraction of sp³-hybridized carbons (Fsp3) is 0.700. The summed E-state index contributed by atoms with van der Waals surface area (Å²) in [6.45, 7) is 4.58. The monoisotopic (exact) mass is 236 g/mol. The van der Waals surface area contributed by atoms with Gasteiger partial charge in [-0.3, -0.25) is 4.79 Å². The summed E-state index contributed by atoms with van der Waals surface area (Å²) in [4.78, 5) is 14.1. The van der Waals surface area contributed by atoms with Gasteiger partial charge in [0.15, 0.2) is 5.82 Å². The topological polar surface area (TPSA) is 75.1 Å². The molecular weight excluding hydrogens is 220 g/mol. The van der Waals surface area contributed by atoms with Gasteiger partial charge in [-0.05, 0) is 0 Å². The summed E-state index contributed by atoms with van der Waals surface area (Å²) < 4.78 is 2.00. The first-order chi connectivity index (χ1) is 8.34. The van der Waals surface area contributed by atoms with E-state index in [1.54, 1.807) is 6.33 Å². The second-order valence-corrected chi connectivity index (χ2v) is 4.41. The van der Waals surface area contributed by atoms with E-state index in [9.17, 15) is 4.79 Å². The molecule has 2 aliphatic rings. The van der Waals surface area contributed by atoms with Gasteiger partial charge in [-0.1, -0.05) is 0 Å². The Labute approximate surface area is 99.2 Å². The molecule has 0 saturated carbocycles. The molecule has 0 radical (unpaired) electrons. The Bertz CT molecular complexity index is 411. The van der Waals surface area contributed by atoms with E-state index in [0.717, 1.165) is 32.0 Å². The molecule has 92 valence electrons. The van der Waals surface area contributed by atoms with Gasteiger partial charge >= 0.3 is 0 Å². The average molecular weight is 236 g/mol. The van der Waals surface area contributed by atoms with E-state index >= 15 is 0 Å². The van der Waals surface area contributed by atoms with E-state index in [1.807, 2.05) is 9.47 Å². The third kappa shape index (κ3) is 2.03. The number of nitrogens with one attached hydrogen (secondary N) is 2. The number of fused-ring (bicyclic) bond motifs is 1. The van der Waals surface area contributed by atoms with Gasteiger partial charge in [0.25, 0.3) is 0 Å². The van der Waals surface area contributed by atoms with Gasteiger partial charge in [0.2, 0.25) is 5.91 Å². The molecule has 0 aromatic carbocycles. The Morgan fingerprint density at radius 3 is 3.18 bits per heavy atom. The average Bonchev–Trinajstić information content (AvgIpc) is 2.86. The molecule has 0 aliphatic carbocycles. The molecule has 1 atom stereocenters. The summed E-state index contributed by atoms with van der Waals surface area (Å²) in [7, 11) is 0.